The number of H-pyrrole nitrogens is 1. The van der Waals surface area contributed by atoms with E-state index in [4.69, 9.17) is 0 Å². The van der Waals surface area contributed by atoms with Crippen LogP contribution < -0.4 is 11.1 Å². The fourth-order valence-corrected chi connectivity index (χ4v) is 4.22. The Morgan fingerprint density at radius 1 is 0.935 bits per heavy atom. The number of fused-ring (bicyclic) bond motifs is 1. The lowest BCUT2D eigenvalue weighted by Crippen LogP contribution is -2.26. The van der Waals surface area contributed by atoms with Gasteiger partial charge in [0.2, 0.25) is 0 Å². The molecule has 0 fully saturated rings. The SMILES string of the molecule is O=c1[nH][s+]([O-])n(-c2cc3cc(CCc4ccc(C(F)(F)F)cc4)ccc3cc2O)c1=O. The third-order valence-electron chi connectivity index (χ3n) is 4.93. The van der Waals surface area contributed by atoms with Gasteiger partial charge in [0.15, 0.2) is 0 Å². The topological polar surface area (TPSA) is 98.2 Å². The fourth-order valence-electron chi connectivity index (χ4n) is 3.33. The largest absolute Gasteiger partial charge is 0.549 e. The van der Waals surface area contributed by atoms with E-state index in [0.717, 1.165) is 23.3 Å². The van der Waals surface area contributed by atoms with Crippen LogP contribution in [0, 0.1) is 0 Å². The first-order valence-electron chi connectivity index (χ1n) is 9.12. The van der Waals surface area contributed by atoms with Gasteiger partial charge in [-0.25, -0.2) is 0 Å². The monoisotopic (exact) mass is 448 g/mol. The third-order valence-corrected chi connectivity index (χ3v) is 5.98. The number of alkyl halides is 3. The smallest absolute Gasteiger partial charge is 0.416 e. The highest BCUT2D eigenvalue weighted by Crippen LogP contribution is 2.31. The van der Waals surface area contributed by atoms with Crippen LogP contribution in [-0.2, 0) is 19.0 Å². The summed E-state index contributed by atoms with van der Waals surface area (Å²) in [6.45, 7) is 0. The molecule has 31 heavy (non-hydrogen) atoms. The highest BCUT2D eigenvalue weighted by Gasteiger charge is 2.29. The molecule has 0 aliphatic heterocycles. The van der Waals surface area contributed by atoms with Gasteiger partial charge < -0.3 is 9.66 Å². The Morgan fingerprint density at radius 3 is 2.19 bits per heavy atom. The van der Waals surface area contributed by atoms with Crippen LogP contribution in [0.25, 0.3) is 16.5 Å². The summed E-state index contributed by atoms with van der Waals surface area (Å²) < 4.78 is 52.7. The molecular weight excluding hydrogens is 433 g/mol. The second-order valence-corrected chi connectivity index (χ2v) is 8.06. The van der Waals surface area contributed by atoms with E-state index in [9.17, 15) is 32.4 Å². The predicted molar refractivity (Wildman–Crippen MR) is 109 cm³/mol. The fraction of sp³-hybridized carbons (Fsp3) is 0.143. The van der Waals surface area contributed by atoms with Crippen LogP contribution in [0.5, 0.6) is 5.75 Å². The van der Waals surface area contributed by atoms with Crippen LogP contribution >= 0.6 is 11.1 Å². The van der Waals surface area contributed by atoms with Crippen LogP contribution in [0.2, 0.25) is 0 Å². The molecule has 1 aromatic heterocycles. The lowest BCUT2D eigenvalue weighted by atomic mass is 10.00. The molecule has 0 aliphatic carbocycles. The Morgan fingerprint density at radius 2 is 1.58 bits per heavy atom. The zero-order valence-electron chi connectivity index (χ0n) is 15.8. The van der Waals surface area contributed by atoms with Crippen molar-refractivity contribution >= 4 is 21.9 Å². The van der Waals surface area contributed by atoms with Gasteiger partial charge in [0.05, 0.1) is 5.56 Å². The van der Waals surface area contributed by atoms with E-state index in [1.54, 1.807) is 12.1 Å². The summed E-state index contributed by atoms with van der Waals surface area (Å²) in [6.07, 6.45) is -3.31. The highest BCUT2D eigenvalue weighted by atomic mass is 32.2. The van der Waals surface area contributed by atoms with Crippen molar-refractivity contribution in [2.75, 3.05) is 0 Å². The van der Waals surface area contributed by atoms with Gasteiger partial charge in [-0.3, -0.25) is 9.59 Å². The number of hydrogen-bond donors (Lipinski definition) is 2. The summed E-state index contributed by atoms with van der Waals surface area (Å²) in [5.74, 6) is -0.303. The lowest BCUT2D eigenvalue weighted by Gasteiger charge is -2.09. The van der Waals surface area contributed by atoms with E-state index in [1.165, 1.54) is 24.3 Å². The minimum absolute atomic E-state index is 0.0610. The molecule has 0 aliphatic rings. The number of nitrogens with zero attached hydrogens (tertiary/aromatic N) is 1. The molecule has 1 atom stereocenters. The molecule has 160 valence electrons. The van der Waals surface area contributed by atoms with Crippen molar-refractivity contribution in [1.29, 1.82) is 0 Å². The molecular formula is C21H15F3N2O4S. The number of phenols is 1. The Labute approximate surface area is 175 Å². The molecule has 2 N–H and O–H groups in total. The molecule has 6 nitrogen and oxygen atoms in total. The molecule has 10 heteroatoms. The van der Waals surface area contributed by atoms with Crippen molar-refractivity contribution < 1.29 is 22.8 Å². The zero-order valence-corrected chi connectivity index (χ0v) is 16.6. The van der Waals surface area contributed by atoms with Crippen molar-refractivity contribution in [3.63, 3.8) is 0 Å². The molecule has 0 spiro atoms. The Hall–Kier alpha value is -3.37. The predicted octanol–water partition coefficient (Wildman–Crippen LogP) is 3.92. The number of hydrogen-bond acceptors (Lipinski definition) is 4. The number of aryl methyl sites for hydroxylation is 2. The van der Waals surface area contributed by atoms with Crippen LogP contribution in [0.1, 0.15) is 16.7 Å². The van der Waals surface area contributed by atoms with Crippen LogP contribution in [0.3, 0.4) is 0 Å². The number of phenolic OH excluding ortho intramolecular Hbond substituents is 1. The number of aromatic amines is 1. The van der Waals surface area contributed by atoms with E-state index in [0.29, 0.717) is 27.6 Å². The Kier molecular flexibility index (Phi) is 5.19. The van der Waals surface area contributed by atoms with Crippen LogP contribution in [0.15, 0.2) is 64.2 Å². The van der Waals surface area contributed by atoms with Gasteiger partial charge in [0.1, 0.15) is 22.6 Å². The van der Waals surface area contributed by atoms with Crippen LogP contribution in [0.4, 0.5) is 13.2 Å². The summed E-state index contributed by atoms with van der Waals surface area (Å²) in [5, 5.41) is 11.5. The molecule has 0 saturated carbocycles. The van der Waals surface area contributed by atoms with Crippen molar-refractivity contribution in [2.24, 2.45) is 0 Å². The van der Waals surface area contributed by atoms with Crippen LogP contribution in [-0.4, -0.2) is 18.0 Å². The summed E-state index contributed by atoms with van der Waals surface area (Å²) in [7, 11) is 0. The standard InChI is InChI=1S/C21H15F3N2O4S/c22-21(23,24)16-7-4-12(5-8-16)1-2-13-3-6-14-11-18(27)17(10-15(14)9-13)26-20(29)19(28)25-31(26)30/h3-11,27H,1-2H2,(H,25,28). The quantitative estimate of drug-likeness (QED) is 0.365. The maximum Gasteiger partial charge on any atom is 0.416 e. The maximum atomic E-state index is 12.7. The van der Waals surface area contributed by atoms with E-state index in [1.807, 2.05) is 10.4 Å². The molecule has 4 aromatic rings. The molecule has 0 amide bonds. The molecule has 3 aromatic carbocycles. The molecule has 1 unspecified atom stereocenters. The van der Waals surface area contributed by atoms with E-state index < -0.39 is 34.0 Å². The molecule has 0 bridgehead atoms. The zero-order chi connectivity index (χ0) is 22.3. The highest BCUT2D eigenvalue weighted by molar-refractivity contribution is 7.14. The second kappa shape index (κ2) is 7.71. The van der Waals surface area contributed by atoms with Crippen molar-refractivity contribution in [3.8, 4) is 11.4 Å². The van der Waals surface area contributed by atoms with Gasteiger partial charge in [-0.2, -0.15) is 13.2 Å². The first-order valence-corrected chi connectivity index (χ1v) is 10.2. The first kappa shape index (κ1) is 20.9. The number of nitrogens with one attached hydrogen (secondary N) is 1. The van der Waals surface area contributed by atoms with Gasteiger partial charge in [-0.15, -0.1) is 4.37 Å². The summed E-state index contributed by atoms with van der Waals surface area (Å²) >= 11 is -2.12. The summed E-state index contributed by atoms with van der Waals surface area (Å²) in [6, 6.07) is 13.2. The maximum absolute atomic E-state index is 12.7. The van der Waals surface area contributed by atoms with Gasteiger partial charge in [-0.05, 0) is 59.0 Å². The van der Waals surface area contributed by atoms with Gasteiger partial charge >= 0.3 is 17.3 Å². The second-order valence-electron chi connectivity index (χ2n) is 7.00. The van der Waals surface area contributed by atoms with E-state index in [-0.39, 0.29) is 11.4 Å². The normalized spacial score (nSPS) is 12.5. The number of aromatic nitrogens is 2. The van der Waals surface area contributed by atoms with E-state index >= 15 is 0 Å². The first-order chi connectivity index (χ1) is 14.6. The van der Waals surface area contributed by atoms with E-state index in [2.05, 4.69) is 0 Å². The Bertz CT molecular complexity index is 1390. The Balaban J connectivity index is 1.62. The third kappa shape index (κ3) is 4.12. The van der Waals surface area contributed by atoms with Gasteiger partial charge in [0.25, 0.3) is 0 Å². The van der Waals surface area contributed by atoms with Crippen molar-refractivity contribution in [2.45, 2.75) is 19.0 Å². The van der Waals surface area contributed by atoms with Crippen molar-refractivity contribution in [1.82, 2.24) is 8.33 Å². The van der Waals surface area contributed by atoms with Crippen molar-refractivity contribution in [3.05, 3.63) is 92.0 Å². The lowest BCUT2D eigenvalue weighted by molar-refractivity contribution is -0.137. The number of aromatic hydroxyl groups is 1. The number of halogens is 3. The summed E-state index contributed by atoms with van der Waals surface area (Å²) in [5.41, 5.74) is -1.19. The minimum Gasteiger partial charge on any atom is -0.549 e. The molecule has 4 rings (SSSR count). The number of rotatable bonds is 4. The average molecular weight is 448 g/mol. The molecule has 1 heterocycles. The molecule has 0 radical (unpaired) electrons. The van der Waals surface area contributed by atoms with Gasteiger partial charge in [-0.1, -0.05) is 34.3 Å². The van der Waals surface area contributed by atoms with Gasteiger partial charge in [0, 0.05) is 0 Å². The minimum atomic E-state index is -4.37. The average Bonchev–Trinajstić information content (AvgIpc) is 2.97. The summed E-state index contributed by atoms with van der Waals surface area (Å²) in [4.78, 5) is 23.4. The molecule has 0 saturated heterocycles. The number of benzene rings is 3.